The molecule has 1 fully saturated rings. The molecule has 1 aliphatic carbocycles. The van der Waals surface area contributed by atoms with Crippen molar-refractivity contribution < 1.29 is 4.74 Å². The summed E-state index contributed by atoms with van der Waals surface area (Å²) in [5, 5.41) is 12.5. The van der Waals surface area contributed by atoms with Gasteiger partial charge >= 0.3 is 0 Å². The van der Waals surface area contributed by atoms with Gasteiger partial charge in [-0.1, -0.05) is 13.8 Å². The van der Waals surface area contributed by atoms with E-state index >= 15 is 0 Å². The van der Waals surface area contributed by atoms with Gasteiger partial charge in [-0.15, -0.1) is 0 Å². The standard InChI is InChI=1S/C10H18N2O/c1-8(2)10(6-11,7-13-3)12-9-4-5-9/h8-9,12H,4-5,7H2,1-3H3. The van der Waals surface area contributed by atoms with Crippen molar-refractivity contribution in [3.05, 3.63) is 0 Å². The molecule has 0 aromatic carbocycles. The second kappa shape index (κ2) is 4.08. The van der Waals surface area contributed by atoms with E-state index in [0.29, 0.717) is 12.6 Å². The van der Waals surface area contributed by atoms with Crippen LogP contribution in [0.15, 0.2) is 0 Å². The molecule has 1 unspecified atom stereocenters. The Kier molecular flexibility index (Phi) is 3.29. The van der Waals surface area contributed by atoms with Crippen molar-refractivity contribution >= 4 is 0 Å². The summed E-state index contributed by atoms with van der Waals surface area (Å²) in [7, 11) is 1.64. The predicted molar refractivity (Wildman–Crippen MR) is 51.2 cm³/mol. The van der Waals surface area contributed by atoms with Gasteiger partial charge in [-0.25, -0.2) is 0 Å². The van der Waals surface area contributed by atoms with Crippen molar-refractivity contribution in [2.24, 2.45) is 5.92 Å². The topological polar surface area (TPSA) is 45.0 Å². The van der Waals surface area contributed by atoms with Crippen LogP contribution in [0.3, 0.4) is 0 Å². The highest BCUT2D eigenvalue weighted by molar-refractivity contribution is 5.12. The van der Waals surface area contributed by atoms with Crippen LogP contribution in [-0.4, -0.2) is 25.3 Å². The first-order valence-electron chi connectivity index (χ1n) is 4.82. The molecule has 0 aromatic heterocycles. The summed E-state index contributed by atoms with van der Waals surface area (Å²) in [6.45, 7) is 4.58. The Balaban J connectivity index is 2.63. The molecule has 1 saturated carbocycles. The molecule has 0 saturated heterocycles. The summed E-state index contributed by atoms with van der Waals surface area (Å²) >= 11 is 0. The van der Waals surface area contributed by atoms with Crippen LogP contribution < -0.4 is 5.32 Å². The lowest BCUT2D eigenvalue weighted by Gasteiger charge is -2.31. The fourth-order valence-corrected chi connectivity index (χ4v) is 1.39. The lowest BCUT2D eigenvalue weighted by atomic mass is 9.88. The molecule has 3 heteroatoms. The summed E-state index contributed by atoms with van der Waals surface area (Å²) in [6, 6.07) is 2.89. The Bertz CT molecular complexity index is 205. The Morgan fingerprint density at radius 2 is 2.23 bits per heavy atom. The number of hydrogen-bond donors (Lipinski definition) is 1. The van der Waals surface area contributed by atoms with E-state index in [1.165, 1.54) is 12.8 Å². The molecule has 0 amide bonds. The second-order valence-corrected chi connectivity index (χ2v) is 4.09. The van der Waals surface area contributed by atoms with Crippen LogP contribution in [0.5, 0.6) is 0 Å². The van der Waals surface area contributed by atoms with Gasteiger partial charge in [0, 0.05) is 13.2 Å². The van der Waals surface area contributed by atoms with Crippen molar-refractivity contribution in [3.63, 3.8) is 0 Å². The minimum Gasteiger partial charge on any atom is -0.382 e. The molecule has 0 aliphatic heterocycles. The molecular formula is C10H18N2O. The summed E-state index contributed by atoms with van der Waals surface area (Å²) in [5.41, 5.74) is -0.490. The van der Waals surface area contributed by atoms with Crippen molar-refractivity contribution in [3.8, 4) is 6.07 Å². The molecule has 3 nitrogen and oxygen atoms in total. The van der Waals surface area contributed by atoms with Gasteiger partial charge < -0.3 is 4.74 Å². The third-order valence-corrected chi connectivity index (χ3v) is 2.60. The van der Waals surface area contributed by atoms with Gasteiger partial charge in [0.05, 0.1) is 12.7 Å². The van der Waals surface area contributed by atoms with Crippen LogP contribution >= 0.6 is 0 Å². The normalized spacial score (nSPS) is 21.2. The summed E-state index contributed by atoms with van der Waals surface area (Å²) in [4.78, 5) is 0. The minimum absolute atomic E-state index is 0.276. The number of nitrogens with zero attached hydrogens (tertiary/aromatic N) is 1. The Morgan fingerprint density at radius 3 is 2.54 bits per heavy atom. The molecule has 13 heavy (non-hydrogen) atoms. The molecule has 0 aromatic rings. The van der Waals surface area contributed by atoms with Gasteiger partial charge in [0.15, 0.2) is 0 Å². The number of rotatable bonds is 5. The SMILES string of the molecule is COCC(C#N)(NC1CC1)C(C)C. The number of ether oxygens (including phenoxy) is 1. The smallest absolute Gasteiger partial charge is 0.132 e. The average Bonchev–Trinajstić information content (AvgIpc) is 2.87. The van der Waals surface area contributed by atoms with Crippen LogP contribution in [0.25, 0.3) is 0 Å². The van der Waals surface area contributed by atoms with Gasteiger partial charge in [-0.2, -0.15) is 5.26 Å². The van der Waals surface area contributed by atoms with E-state index in [9.17, 15) is 0 Å². The Morgan fingerprint density at radius 1 is 1.62 bits per heavy atom. The lowest BCUT2D eigenvalue weighted by Crippen LogP contribution is -2.53. The van der Waals surface area contributed by atoms with Crippen molar-refractivity contribution in [2.45, 2.75) is 38.3 Å². The first kappa shape index (κ1) is 10.5. The summed E-state index contributed by atoms with van der Waals surface area (Å²) in [6.07, 6.45) is 2.39. The number of nitrogens with one attached hydrogen (secondary N) is 1. The monoisotopic (exact) mass is 182 g/mol. The molecule has 74 valence electrons. The second-order valence-electron chi connectivity index (χ2n) is 4.09. The largest absolute Gasteiger partial charge is 0.382 e. The van der Waals surface area contributed by atoms with Gasteiger partial charge in [0.1, 0.15) is 5.54 Å². The van der Waals surface area contributed by atoms with Crippen LogP contribution in [0.1, 0.15) is 26.7 Å². The van der Waals surface area contributed by atoms with E-state index in [4.69, 9.17) is 10.00 Å². The van der Waals surface area contributed by atoms with E-state index in [1.54, 1.807) is 7.11 Å². The van der Waals surface area contributed by atoms with Gasteiger partial charge in [-0.05, 0) is 18.8 Å². The average molecular weight is 182 g/mol. The van der Waals surface area contributed by atoms with Crippen molar-refractivity contribution in [1.29, 1.82) is 5.26 Å². The van der Waals surface area contributed by atoms with E-state index in [1.807, 2.05) is 0 Å². The van der Waals surface area contributed by atoms with E-state index in [0.717, 1.165) is 0 Å². The quantitative estimate of drug-likeness (QED) is 0.697. The summed E-state index contributed by atoms with van der Waals surface area (Å²) in [5.74, 6) is 0.276. The molecular weight excluding hydrogens is 164 g/mol. The van der Waals surface area contributed by atoms with Crippen LogP contribution in [0.2, 0.25) is 0 Å². The van der Waals surface area contributed by atoms with Crippen LogP contribution in [0.4, 0.5) is 0 Å². The van der Waals surface area contributed by atoms with Crippen LogP contribution in [-0.2, 0) is 4.74 Å². The first-order chi connectivity index (χ1) is 6.14. The molecule has 0 spiro atoms. The maximum atomic E-state index is 9.16. The predicted octanol–water partition coefficient (Wildman–Crippen LogP) is 1.30. The minimum atomic E-state index is -0.490. The zero-order valence-electron chi connectivity index (χ0n) is 8.63. The fourth-order valence-electron chi connectivity index (χ4n) is 1.39. The Labute approximate surface area is 80.1 Å². The third kappa shape index (κ3) is 2.43. The molecule has 0 radical (unpaired) electrons. The number of hydrogen-bond acceptors (Lipinski definition) is 3. The van der Waals surface area contributed by atoms with Gasteiger partial charge in [0.2, 0.25) is 0 Å². The van der Waals surface area contributed by atoms with Crippen LogP contribution in [0, 0.1) is 17.2 Å². The molecule has 1 aliphatic rings. The van der Waals surface area contributed by atoms with Crippen molar-refractivity contribution in [1.82, 2.24) is 5.32 Å². The third-order valence-electron chi connectivity index (χ3n) is 2.60. The lowest BCUT2D eigenvalue weighted by molar-refractivity contribution is 0.111. The zero-order chi connectivity index (χ0) is 9.90. The maximum Gasteiger partial charge on any atom is 0.132 e. The molecule has 1 N–H and O–H groups in total. The zero-order valence-corrected chi connectivity index (χ0v) is 8.63. The highest BCUT2D eigenvalue weighted by atomic mass is 16.5. The Hall–Kier alpha value is -0.590. The summed E-state index contributed by atoms with van der Waals surface area (Å²) < 4.78 is 5.10. The molecule has 0 bridgehead atoms. The fraction of sp³-hybridized carbons (Fsp3) is 0.900. The van der Waals surface area contributed by atoms with Gasteiger partial charge in [-0.3, -0.25) is 5.32 Å². The number of nitriles is 1. The first-order valence-corrected chi connectivity index (χ1v) is 4.82. The maximum absolute atomic E-state index is 9.16. The van der Waals surface area contributed by atoms with Gasteiger partial charge in [0.25, 0.3) is 0 Å². The van der Waals surface area contributed by atoms with E-state index in [-0.39, 0.29) is 5.92 Å². The number of methoxy groups -OCH3 is 1. The highest BCUT2D eigenvalue weighted by Crippen LogP contribution is 2.26. The van der Waals surface area contributed by atoms with E-state index in [2.05, 4.69) is 25.2 Å². The van der Waals surface area contributed by atoms with Crippen molar-refractivity contribution in [2.75, 3.05) is 13.7 Å². The molecule has 1 rings (SSSR count). The van der Waals surface area contributed by atoms with E-state index < -0.39 is 5.54 Å². The highest BCUT2D eigenvalue weighted by Gasteiger charge is 2.39. The molecule has 1 atom stereocenters. The molecule has 0 heterocycles.